The van der Waals surface area contributed by atoms with Crippen LogP contribution in [0.5, 0.6) is 0 Å². The highest BCUT2D eigenvalue weighted by Crippen LogP contribution is 2.39. The van der Waals surface area contributed by atoms with Crippen molar-refractivity contribution in [2.45, 2.75) is 44.9 Å². The van der Waals surface area contributed by atoms with Crippen LogP contribution in [0.1, 0.15) is 44.9 Å². The van der Waals surface area contributed by atoms with Gasteiger partial charge in [0.05, 0.1) is 5.41 Å². The number of rotatable bonds is 6. The Balaban J connectivity index is 2.44. The van der Waals surface area contributed by atoms with Crippen molar-refractivity contribution in [1.82, 2.24) is 10.6 Å². The molecule has 0 aromatic heterocycles. The van der Waals surface area contributed by atoms with Crippen molar-refractivity contribution >= 4 is 17.8 Å². The van der Waals surface area contributed by atoms with Gasteiger partial charge in [0, 0.05) is 26.4 Å². The third-order valence-corrected chi connectivity index (χ3v) is 3.72. The first-order valence-electron chi connectivity index (χ1n) is 6.71. The van der Waals surface area contributed by atoms with Crippen LogP contribution in [0.15, 0.2) is 0 Å². The first-order valence-corrected chi connectivity index (χ1v) is 6.71. The van der Waals surface area contributed by atoms with E-state index in [1.807, 2.05) is 0 Å². The van der Waals surface area contributed by atoms with Crippen LogP contribution in [0.4, 0.5) is 0 Å². The van der Waals surface area contributed by atoms with Gasteiger partial charge in [-0.3, -0.25) is 14.4 Å². The van der Waals surface area contributed by atoms with Crippen LogP contribution in [-0.2, 0) is 14.4 Å². The van der Waals surface area contributed by atoms with Gasteiger partial charge in [-0.25, -0.2) is 0 Å². The lowest BCUT2D eigenvalue weighted by molar-refractivity contribution is -0.154. The molecule has 0 unspecified atom stereocenters. The lowest BCUT2D eigenvalue weighted by atomic mass is 9.71. The lowest BCUT2D eigenvalue weighted by Crippen LogP contribution is -2.39. The molecular formula is C13H22N2O4. The summed E-state index contributed by atoms with van der Waals surface area (Å²) in [4.78, 5) is 34.2. The number of amides is 2. The molecule has 1 aliphatic carbocycles. The highest BCUT2D eigenvalue weighted by Gasteiger charge is 2.41. The molecule has 0 aromatic rings. The van der Waals surface area contributed by atoms with Crippen molar-refractivity contribution in [2.75, 3.05) is 13.6 Å². The molecule has 0 heterocycles. The number of carbonyl (C=O) groups is 3. The van der Waals surface area contributed by atoms with Crippen LogP contribution in [-0.4, -0.2) is 36.5 Å². The second-order valence-electron chi connectivity index (χ2n) is 5.10. The number of nitrogens with one attached hydrogen (secondary N) is 2. The zero-order valence-corrected chi connectivity index (χ0v) is 11.3. The molecule has 0 atom stereocenters. The van der Waals surface area contributed by atoms with Crippen molar-refractivity contribution in [3.05, 3.63) is 0 Å². The van der Waals surface area contributed by atoms with Crippen LogP contribution in [0, 0.1) is 5.41 Å². The minimum absolute atomic E-state index is 0.01000. The molecule has 19 heavy (non-hydrogen) atoms. The number of hydrogen-bond acceptors (Lipinski definition) is 3. The highest BCUT2D eigenvalue weighted by atomic mass is 16.4. The average molecular weight is 270 g/mol. The van der Waals surface area contributed by atoms with Crippen LogP contribution in [0.3, 0.4) is 0 Å². The molecule has 0 bridgehead atoms. The zero-order chi connectivity index (χ0) is 14.3. The first kappa shape index (κ1) is 15.5. The molecule has 2 amide bonds. The number of carboxylic acid groups (broad SMARTS) is 1. The Labute approximate surface area is 112 Å². The van der Waals surface area contributed by atoms with E-state index in [-0.39, 0.29) is 31.2 Å². The summed E-state index contributed by atoms with van der Waals surface area (Å²) in [6.07, 6.45) is 4.09. The van der Waals surface area contributed by atoms with Crippen molar-refractivity contribution in [3.8, 4) is 0 Å². The summed E-state index contributed by atoms with van der Waals surface area (Å²) in [6, 6.07) is 0. The Hall–Kier alpha value is -1.59. The third-order valence-electron chi connectivity index (χ3n) is 3.72. The molecule has 3 N–H and O–H groups in total. The molecule has 1 fully saturated rings. The van der Waals surface area contributed by atoms with Crippen LogP contribution >= 0.6 is 0 Å². The summed E-state index contributed by atoms with van der Waals surface area (Å²) in [7, 11) is 1.53. The van der Waals surface area contributed by atoms with Crippen molar-refractivity contribution in [1.29, 1.82) is 0 Å². The van der Waals surface area contributed by atoms with E-state index in [2.05, 4.69) is 10.6 Å². The number of carbonyl (C=O) groups excluding carboxylic acids is 2. The van der Waals surface area contributed by atoms with E-state index in [9.17, 15) is 19.5 Å². The summed E-state index contributed by atoms with van der Waals surface area (Å²) in [5, 5.41) is 14.4. The highest BCUT2D eigenvalue weighted by molar-refractivity contribution is 5.85. The van der Waals surface area contributed by atoms with Crippen LogP contribution < -0.4 is 10.6 Å². The maximum atomic E-state index is 11.8. The largest absolute Gasteiger partial charge is 0.481 e. The second kappa shape index (κ2) is 7.11. The van der Waals surface area contributed by atoms with Gasteiger partial charge in [-0.1, -0.05) is 19.3 Å². The van der Waals surface area contributed by atoms with Crippen molar-refractivity contribution < 1.29 is 19.5 Å². The van der Waals surface area contributed by atoms with E-state index in [1.54, 1.807) is 0 Å². The van der Waals surface area contributed by atoms with Gasteiger partial charge in [-0.05, 0) is 12.8 Å². The van der Waals surface area contributed by atoms with Crippen molar-refractivity contribution in [2.24, 2.45) is 5.41 Å². The maximum Gasteiger partial charge on any atom is 0.310 e. The minimum atomic E-state index is -0.907. The van der Waals surface area contributed by atoms with Gasteiger partial charge in [0.2, 0.25) is 11.8 Å². The predicted molar refractivity (Wildman–Crippen MR) is 69.5 cm³/mol. The van der Waals surface area contributed by atoms with Gasteiger partial charge < -0.3 is 15.7 Å². The molecule has 0 radical (unpaired) electrons. The molecule has 0 spiro atoms. The number of hydrogen-bond donors (Lipinski definition) is 3. The molecule has 1 saturated carbocycles. The Morgan fingerprint density at radius 3 is 2.26 bits per heavy atom. The Bertz CT molecular complexity index is 349. The quantitative estimate of drug-likeness (QED) is 0.661. The van der Waals surface area contributed by atoms with Crippen LogP contribution in [0.2, 0.25) is 0 Å². The SMILES string of the molecule is CNC(=O)CCNC(=O)CC1(C(=O)O)CCCCC1. The van der Waals surface area contributed by atoms with E-state index in [0.29, 0.717) is 12.8 Å². The second-order valence-corrected chi connectivity index (χ2v) is 5.10. The Morgan fingerprint density at radius 2 is 1.74 bits per heavy atom. The smallest absolute Gasteiger partial charge is 0.310 e. The van der Waals surface area contributed by atoms with E-state index < -0.39 is 11.4 Å². The topological polar surface area (TPSA) is 95.5 Å². The molecule has 0 aromatic carbocycles. The van der Waals surface area contributed by atoms with Gasteiger partial charge in [0.1, 0.15) is 0 Å². The molecule has 1 aliphatic rings. The monoisotopic (exact) mass is 270 g/mol. The summed E-state index contributed by atoms with van der Waals surface area (Å²) in [5.41, 5.74) is -0.907. The standard InChI is InChI=1S/C13H22N2O4/c1-14-10(16)5-8-15-11(17)9-13(12(18)19)6-3-2-4-7-13/h2-9H2,1H3,(H,14,16)(H,15,17)(H,18,19). The Kier molecular flexibility index (Phi) is 5.79. The Morgan fingerprint density at radius 1 is 1.11 bits per heavy atom. The lowest BCUT2D eigenvalue weighted by Gasteiger charge is -2.32. The maximum absolute atomic E-state index is 11.8. The first-order chi connectivity index (χ1) is 9.00. The average Bonchev–Trinajstić information content (AvgIpc) is 2.39. The molecule has 0 saturated heterocycles. The molecule has 6 heteroatoms. The van der Waals surface area contributed by atoms with Gasteiger partial charge in [-0.2, -0.15) is 0 Å². The summed E-state index contributed by atoms with van der Waals surface area (Å²) < 4.78 is 0. The number of aliphatic carboxylic acids is 1. The normalized spacial score (nSPS) is 17.5. The number of carboxylic acids is 1. The molecule has 1 rings (SSSR count). The van der Waals surface area contributed by atoms with Crippen LogP contribution in [0.25, 0.3) is 0 Å². The fourth-order valence-electron chi connectivity index (χ4n) is 2.51. The minimum Gasteiger partial charge on any atom is -0.481 e. The third kappa shape index (κ3) is 4.54. The molecular weight excluding hydrogens is 248 g/mol. The fourth-order valence-corrected chi connectivity index (χ4v) is 2.51. The van der Waals surface area contributed by atoms with Crippen molar-refractivity contribution in [3.63, 3.8) is 0 Å². The summed E-state index contributed by atoms with van der Waals surface area (Å²) >= 11 is 0. The van der Waals surface area contributed by atoms with Gasteiger partial charge >= 0.3 is 5.97 Å². The molecule has 108 valence electrons. The predicted octanol–water partition coefficient (Wildman–Crippen LogP) is 0.664. The van der Waals surface area contributed by atoms with E-state index >= 15 is 0 Å². The van der Waals surface area contributed by atoms with Gasteiger partial charge in [0.25, 0.3) is 0 Å². The van der Waals surface area contributed by atoms with Gasteiger partial charge in [0.15, 0.2) is 0 Å². The van der Waals surface area contributed by atoms with Gasteiger partial charge in [-0.15, -0.1) is 0 Å². The van der Waals surface area contributed by atoms with E-state index in [0.717, 1.165) is 19.3 Å². The van der Waals surface area contributed by atoms with E-state index in [1.165, 1.54) is 7.05 Å². The zero-order valence-electron chi connectivity index (χ0n) is 11.3. The van der Waals surface area contributed by atoms with E-state index in [4.69, 9.17) is 0 Å². The summed E-state index contributed by atoms with van der Waals surface area (Å²) in [6.45, 7) is 0.244. The molecule has 0 aliphatic heterocycles. The molecule has 6 nitrogen and oxygen atoms in total. The fraction of sp³-hybridized carbons (Fsp3) is 0.769. The summed E-state index contributed by atoms with van der Waals surface area (Å²) in [5.74, 6) is -1.31.